The Morgan fingerprint density at radius 3 is 2.32 bits per heavy atom. The van der Waals surface area contributed by atoms with Crippen molar-refractivity contribution in [3.63, 3.8) is 0 Å². The highest BCUT2D eigenvalue weighted by atomic mass is 16.5. The Kier molecular flexibility index (Phi) is 9.79. The lowest BCUT2D eigenvalue weighted by Gasteiger charge is -2.23. The fourth-order valence-corrected chi connectivity index (χ4v) is 5.72. The molecule has 2 heterocycles. The Bertz CT molecular complexity index is 1580. The zero-order chi connectivity index (χ0) is 30.9. The minimum absolute atomic E-state index is 0.202. The molecule has 44 heavy (non-hydrogen) atoms. The van der Waals surface area contributed by atoms with Crippen LogP contribution in [-0.2, 0) is 16.1 Å². The molecular formula is C34H39N7O3. The van der Waals surface area contributed by atoms with E-state index in [1.165, 1.54) is 0 Å². The van der Waals surface area contributed by atoms with Crippen molar-refractivity contribution < 1.29 is 14.3 Å². The first kappa shape index (κ1) is 30.6. The second-order valence-electron chi connectivity index (χ2n) is 11.1. The Labute approximate surface area is 257 Å². The van der Waals surface area contributed by atoms with Crippen LogP contribution in [0.2, 0.25) is 0 Å². The van der Waals surface area contributed by atoms with Crippen molar-refractivity contribution in [2.45, 2.75) is 70.9 Å². The van der Waals surface area contributed by atoms with Crippen LogP contribution in [0.15, 0.2) is 77.8 Å². The number of amidine groups is 1. The summed E-state index contributed by atoms with van der Waals surface area (Å²) in [6.07, 6.45) is 7.01. The molecule has 0 bridgehead atoms. The highest BCUT2D eigenvalue weighted by Crippen LogP contribution is 2.40. The summed E-state index contributed by atoms with van der Waals surface area (Å²) in [5, 5.41) is 14.3. The Morgan fingerprint density at radius 1 is 0.977 bits per heavy atom. The number of unbranched alkanes of at least 4 members (excludes halogenated alkanes) is 1. The molecule has 0 radical (unpaired) electrons. The number of hydrogen-bond acceptors (Lipinski definition) is 8. The van der Waals surface area contributed by atoms with Gasteiger partial charge in [-0.15, -0.1) is 5.10 Å². The first-order valence-electron chi connectivity index (χ1n) is 15.3. The minimum atomic E-state index is -0.479. The SMILES string of the molecule is CCCCC1=NC2(CCCC2)C(=O)N1Cc1ccc(-c2ccccc2-c2nnn[nH]2)cc1.CCOC(=O)c1ccc(N)cc1. The van der Waals surface area contributed by atoms with Gasteiger partial charge < -0.3 is 10.5 Å². The number of nitrogen functional groups attached to an aromatic ring is 1. The van der Waals surface area contributed by atoms with E-state index in [0.29, 0.717) is 30.2 Å². The van der Waals surface area contributed by atoms with Crippen LogP contribution in [0.1, 0.15) is 74.7 Å². The lowest BCUT2D eigenvalue weighted by Crippen LogP contribution is -2.40. The molecular weight excluding hydrogens is 554 g/mol. The van der Waals surface area contributed by atoms with Crippen molar-refractivity contribution in [1.82, 2.24) is 25.5 Å². The summed E-state index contributed by atoms with van der Waals surface area (Å²) in [7, 11) is 0. The number of H-pyrrole nitrogens is 1. The molecule has 1 spiro atoms. The lowest BCUT2D eigenvalue weighted by molar-refractivity contribution is -0.131. The maximum atomic E-state index is 13.4. The van der Waals surface area contributed by atoms with Gasteiger partial charge in [0, 0.05) is 17.7 Å². The van der Waals surface area contributed by atoms with Gasteiger partial charge in [0.05, 0.1) is 18.7 Å². The fraction of sp³-hybridized carbons (Fsp3) is 0.353. The van der Waals surface area contributed by atoms with Crippen LogP contribution in [0.3, 0.4) is 0 Å². The van der Waals surface area contributed by atoms with Gasteiger partial charge in [0.15, 0.2) is 5.82 Å². The van der Waals surface area contributed by atoms with Crippen LogP contribution in [0.5, 0.6) is 0 Å². The maximum Gasteiger partial charge on any atom is 0.338 e. The standard InChI is InChI=1S/C25H28N6O.C9H11NO2/c1-2-3-10-22-26-25(15-6-7-16-25)24(32)31(22)17-18-11-13-19(14-12-18)20-8-4-5-9-21(20)23-27-29-30-28-23;1-2-12-9(11)7-3-5-8(10)6-4-7/h4-5,8-9,11-14H,2-3,6-7,10,15-17H2,1H3,(H,27,28,29,30);3-6H,2,10H2,1H3. The van der Waals surface area contributed by atoms with Crippen molar-refractivity contribution in [2.24, 2.45) is 4.99 Å². The number of nitrogens with one attached hydrogen (secondary N) is 1. The number of amides is 1. The van der Waals surface area contributed by atoms with Gasteiger partial charge in [0.2, 0.25) is 0 Å². The summed E-state index contributed by atoms with van der Waals surface area (Å²) in [5.41, 5.74) is 10.4. The third kappa shape index (κ3) is 6.85. The van der Waals surface area contributed by atoms with Crippen LogP contribution in [0.4, 0.5) is 5.69 Å². The Morgan fingerprint density at radius 2 is 1.68 bits per heavy atom. The number of nitrogens with zero attached hydrogens (tertiary/aromatic N) is 5. The number of esters is 1. The largest absolute Gasteiger partial charge is 0.462 e. The van der Waals surface area contributed by atoms with Crippen LogP contribution in [0.25, 0.3) is 22.5 Å². The van der Waals surface area contributed by atoms with E-state index in [2.05, 4.69) is 57.9 Å². The number of carbonyl (C=O) groups is 2. The molecule has 2 aliphatic rings. The zero-order valence-corrected chi connectivity index (χ0v) is 25.3. The average Bonchev–Trinajstić information content (AvgIpc) is 3.81. The van der Waals surface area contributed by atoms with E-state index in [0.717, 1.165) is 73.0 Å². The predicted octanol–water partition coefficient (Wildman–Crippen LogP) is 6.22. The van der Waals surface area contributed by atoms with Crippen LogP contribution in [0, 0.1) is 0 Å². The highest BCUT2D eigenvalue weighted by Gasteiger charge is 2.49. The van der Waals surface area contributed by atoms with Gasteiger partial charge in [-0.1, -0.05) is 74.7 Å². The maximum absolute atomic E-state index is 13.4. The second-order valence-corrected chi connectivity index (χ2v) is 11.1. The summed E-state index contributed by atoms with van der Waals surface area (Å²) in [6, 6.07) is 23.1. The van der Waals surface area contributed by atoms with Gasteiger partial charge in [-0.2, -0.15) is 0 Å². The summed E-state index contributed by atoms with van der Waals surface area (Å²) in [5.74, 6) is 1.52. The summed E-state index contributed by atoms with van der Waals surface area (Å²) in [6.45, 7) is 4.92. The monoisotopic (exact) mass is 593 g/mol. The number of rotatable bonds is 9. The van der Waals surface area contributed by atoms with E-state index < -0.39 is 5.54 Å². The number of anilines is 1. The lowest BCUT2D eigenvalue weighted by atomic mass is 9.97. The number of benzene rings is 3. The Balaban J connectivity index is 0.000000270. The molecule has 0 atom stereocenters. The highest BCUT2D eigenvalue weighted by molar-refractivity contribution is 6.08. The van der Waals surface area contributed by atoms with E-state index in [-0.39, 0.29) is 11.9 Å². The molecule has 0 saturated heterocycles. The number of aromatic amines is 1. The quantitative estimate of drug-likeness (QED) is 0.173. The molecule has 10 heteroatoms. The number of tetrazole rings is 1. The summed E-state index contributed by atoms with van der Waals surface area (Å²) >= 11 is 0. The third-order valence-corrected chi connectivity index (χ3v) is 8.04. The second kappa shape index (κ2) is 14.1. The first-order valence-corrected chi connectivity index (χ1v) is 15.3. The van der Waals surface area contributed by atoms with Crippen molar-refractivity contribution in [3.8, 4) is 22.5 Å². The Hall–Kier alpha value is -4.86. The minimum Gasteiger partial charge on any atom is -0.462 e. The molecule has 1 saturated carbocycles. The molecule has 6 rings (SSSR count). The smallest absolute Gasteiger partial charge is 0.338 e. The van der Waals surface area contributed by atoms with E-state index in [4.69, 9.17) is 15.5 Å². The molecule has 228 valence electrons. The van der Waals surface area contributed by atoms with Crippen molar-refractivity contribution >= 4 is 23.4 Å². The normalized spacial score (nSPS) is 15.2. The fourth-order valence-electron chi connectivity index (χ4n) is 5.72. The van der Waals surface area contributed by atoms with Crippen LogP contribution < -0.4 is 5.73 Å². The molecule has 0 unspecified atom stereocenters. The number of aliphatic imine (C=N–C) groups is 1. The molecule has 1 fully saturated rings. The van der Waals surface area contributed by atoms with E-state index in [9.17, 15) is 9.59 Å². The predicted molar refractivity (Wildman–Crippen MR) is 171 cm³/mol. The molecule has 1 amide bonds. The number of carbonyl (C=O) groups excluding carboxylic acids is 2. The summed E-state index contributed by atoms with van der Waals surface area (Å²) < 4.78 is 4.79. The van der Waals surface area contributed by atoms with E-state index in [1.807, 2.05) is 23.1 Å². The van der Waals surface area contributed by atoms with Gasteiger partial charge in [0.1, 0.15) is 11.4 Å². The van der Waals surface area contributed by atoms with Gasteiger partial charge in [-0.3, -0.25) is 14.7 Å². The molecule has 10 nitrogen and oxygen atoms in total. The zero-order valence-electron chi connectivity index (χ0n) is 25.3. The van der Waals surface area contributed by atoms with Crippen LogP contribution in [-0.4, -0.2) is 55.4 Å². The number of hydrogen-bond donors (Lipinski definition) is 2. The molecule has 4 aromatic rings. The van der Waals surface area contributed by atoms with Gasteiger partial charge in [-0.25, -0.2) is 9.89 Å². The van der Waals surface area contributed by atoms with Gasteiger partial charge >= 0.3 is 5.97 Å². The van der Waals surface area contributed by atoms with Crippen molar-refractivity contribution in [3.05, 3.63) is 83.9 Å². The molecule has 1 aliphatic heterocycles. The summed E-state index contributed by atoms with van der Waals surface area (Å²) in [4.78, 5) is 31.4. The van der Waals surface area contributed by atoms with Crippen LogP contribution >= 0.6 is 0 Å². The number of nitrogens with two attached hydrogens (primary N) is 1. The van der Waals surface area contributed by atoms with E-state index >= 15 is 0 Å². The first-order chi connectivity index (χ1) is 21.4. The van der Waals surface area contributed by atoms with Gasteiger partial charge in [-0.05, 0) is 77.6 Å². The van der Waals surface area contributed by atoms with E-state index in [1.54, 1.807) is 31.2 Å². The molecule has 1 aromatic heterocycles. The third-order valence-electron chi connectivity index (χ3n) is 8.04. The topological polar surface area (TPSA) is 139 Å². The van der Waals surface area contributed by atoms with Crippen molar-refractivity contribution in [1.29, 1.82) is 0 Å². The van der Waals surface area contributed by atoms with Crippen molar-refractivity contribution in [2.75, 3.05) is 12.3 Å². The molecule has 1 aliphatic carbocycles. The number of ether oxygens (including phenoxy) is 1. The number of aromatic nitrogens is 4. The molecule has 3 aromatic carbocycles. The molecule has 3 N–H and O–H groups in total. The van der Waals surface area contributed by atoms with Gasteiger partial charge in [0.25, 0.3) is 5.91 Å². The average molecular weight is 594 g/mol.